The van der Waals surface area contributed by atoms with Crippen LogP contribution in [0.25, 0.3) is 28.3 Å². The molecule has 1 fully saturated rings. The number of ether oxygens (including phenoxy) is 1. The molecule has 0 unspecified atom stereocenters. The van der Waals surface area contributed by atoms with Gasteiger partial charge in [0.1, 0.15) is 29.0 Å². The highest BCUT2D eigenvalue weighted by Crippen LogP contribution is 2.39. The van der Waals surface area contributed by atoms with Crippen LogP contribution in [0.3, 0.4) is 0 Å². The van der Waals surface area contributed by atoms with E-state index in [1.807, 2.05) is 6.07 Å². The Morgan fingerprint density at radius 3 is 1.85 bits per heavy atom. The van der Waals surface area contributed by atoms with Crippen LogP contribution in [-0.4, -0.2) is 6.11 Å². The summed E-state index contributed by atoms with van der Waals surface area (Å²) in [6.07, 6.45) is 5.10. The maximum absolute atomic E-state index is 15.3. The first kappa shape index (κ1) is 35.1. The molecule has 1 saturated carbocycles. The molecule has 0 spiro atoms. The molecule has 1 nitrogen and oxygen atoms in total. The number of hydrogen-bond donors (Lipinski definition) is 0. The molecule has 0 bridgehead atoms. The summed E-state index contributed by atoms with van der Waals surface area (Å²) in [4.78, 5) is 0. The lowest BCUT2D eigenvalue weighted by Gasteiger charge is -2.29. The van der Waals surface area contributed by atoms with Gasteiger partial charge in [-0.05, 0) is 84.6 Å². The monoisotopic (exact) mass is 676 g/mol. The van der Waals surface area contributed by atoms with Crippen molar-refractivity contribution in [1.29, 1.82) is 0 Å². The molecule has 0 N–H and O–H groups in total. The highest BCUT2D eigenvalue weighted by atomic mass is 19.3. The van der Waals surface area contributed by atoms with Crippen LogP contribution in [0.15, 0.2) is 66.7 Å². The Kier molecular flexibility index (Phi) is 10.9. The molecular formula is C38H33F9O. The molecule has 254 valence electrons. The van der Waals surface area contributed by atoms with Crippen LogP contribution < -0.4 is 4.74 Å². The van der Waals surface area contributed by atoms with Gasteiger partial charge in [0.15, 0.2) is 17.5 Å². The lowest BCUT2D eigenvalue weighted by atomic mass is 9.77. The zero-order valence-electron chi connectivity index (χ0n) is 26.0. The minimum atomic E-state index is -4.31. The minimum Gasteiger partial charge on any atom is -0.429 e. The van der Waals surface area contributed by atoms with Gasteiger partial charge >= 0.3 is 6.11 Å². The fourth-order valence-corrected chi connectivity index (χ4v) is 6.27. The minimum absolute atomic E-state index is 0.0673. The first-order chi connectivity index (χ1) is 22.8. The van der Waals surface area contributed by atoms with Crippen LogP contribution >= 0.6 is 0 Å². The molecule has 0 atom stereocenters. The Balaban J connectivity index is 1.28. The molecule has 0 aliphatic heterocycles. The maximum Gasteiger partial charge on any atom is 0.419 e. The molecule has 0 radical (unpaired) electrons. The predicted octanol–water partition coefficient (Wildman–Crippen LogP) is 12.5. The van der Waals surface area contributed by atoms with Crippen molar-refractivity contribution in [2.45, 2.75) is 70.3 Å². The average molecular weight is 677 g/mol. The van der Waals surface area contributed by atoms with E-state index in [4.69, 9.17) is 0 Å². The van der Waals surface area contributed by atoms with Gasteiger partial charge in [-0.2, -0.15) is 8.78 Å². The Morgan fingerprint density at radius 2 is 1.25 bits per heavy atom. The van der Waals surface area contributed by atoms with Crippen LogP contribution in [-0.2, 0) is 0 Å². The van der Waals surface area contributed by atoms with E-state index < -0.39 is 58.1 Å². The molecule has 4 aromatic rings. The van der Waals surface area contributed by atoms with E-state index in [1.54, 1.807) is 6.07 Å². The van der Waals surface area contributed by atoms with E-state index in [-0.39, 0.29) is 46.4 Å². The molecule has 0 aromatic heterocycles. The first-order valence-corrected chi connectivity index (χ1v) is 15.8. The molecule has 4 aromatic carbocycles. The largest absolute Gasteiger partial charge is 0.429 e. The summed E-state index contributed by atoms with van der Waals surface area (Å²) in [5, 5.41) is 0. The molecule has 48 heavy (non-hydrogen) atoms. The van der Waals surface area contributed by atoms with Crippen LogP contribution in [0.5, 0.6) is 5.75 Å². The number of halogens is 9. The van der Waals surface area contributed by atoms with Gasteiger partial charge in [0.05, 0.1) is 0 Å². The molecule has 5 rings (SSSR count). The molecule has 10 heteroatoms. The Labute approximate surface area is 273 Å². The summed E-state index contributed by atoms with van der Waals surface area (Å²) in [5.74, 6) is -9.57. The molecule has 1 aliphatic carbocycles. The number of benzene rings is 4. The topological polar surface area (TPSA) is 9.23 Å². The molecule has 1 aliphatic rings. The van der Waals surface area contributed by atoms with Crippen LogP contribution in [0.4, 0.5) is 39.5 Å². The maximum atomic E-state index is 15.3. The number of alkyl halides is 2. The van der Waals surface area contributed by atoms with Crippen molar-refractivity contribution in [3.05, 3.63) is 119 Å². The van der Waals surface area contributed by atoms with Gasteiger partial charge in [-0.3, -0.25) is 0 Å². The molecular weight excluding hydrogens is 643 g/mol. The summed E-state index contributed by atoms with van der Waals surface area (Å²) < 4.78 is 133. The van der Waals surface area contributed by atoms with Crippen molar-refractivity contribution in [3.8, 4) is 28.0 Å². The molecule has 0 heterocycles. The zero-order valence-corrected chi connectivity index (χ0v) is 26.0. The van der Waals surface area contributed by atoms with Gasteiger partial charge in [-0.25, -0.2) is 30.7 Å². The van der Waals surface area contributed by atoms with Crippen molar-refractivity contribution in [3.63, 3.8) is 0 Å². The van der Waals surface area contributed by atoms with Gasteiger partial charge in [0.2, 0.25) is 0 Å². The smallest absolute Gasteiger partial charge is 0.419 e. The first-order valence-electron chi connectivity index (χ1n) is 15.8. The van der Waals surface area contributed by atoms with Crippen LogP contribution in [0.2, 0.25) is 0 Å². The predicted molar refractivity (Wildman–Crippen MR) is 167 cm³/mol. The second-order valence-electron chi connectivity index (χ2n) is 12.2. The number of hydrogen-bond acceptors (Lipinski definition) is 1. The summed E-state index contributed by atoms with van der Waals surface area (Å²) in [5.41, 5.74) is -0.0831. The highest BCUT2D eigenvalue weighted by Gasteiger charge is 2.30. The van der Waals surface area contributed by atoms with E-state index >= 15 is 8.78 Å². The van der Waals surface area contributed by atoms with E-state index in [1.165, 1.54) is 43.9 Å². The van der Waals surface area contributed by atoms with Crippen molar-refractivity contribution in [2.75, 3.05) is 0 Å². The molecule has 0 saturated heterocycles. The number of rotatable bonds is 11. The van der Waals surface area contributed by atoms with Crippen molar-refractivity contribution in [1.82, 2.24) is 0 Å². The van der Waals surface area contributed by atoms with Gasteiger partial charge in [0.25, 0.3) is 0 Å². The average Bonchev–Trinajstić information content (AvgIpc) is 3.03. The summed E-state index contributed by atoms with van der Waals surface area (Å²) in [7, 11) is 0. The van der Waals surface area contributed by atoms with Crippen molar-refractivity contribution >= 4 is 6.08 Å². The highest BCUT2D eigenvalue weighted by molar-refractivity contribution is 5.72. The lowest BCUT2D eigenvalue weighted by Crippen LogP contribution is -2.21. The van der Waals surface area contributed by atoms with Crippen molar-refractivity contribution < 1.29 is 44.3 Å². The quantitative estimate of drug-likeness (QED) is 0.0873. The summed E-state index contributed by atoms with van der Waals surface area (Å²) in [6, 6.07) is 10.5. The van der Waals surface area contributed by atoms with E-state index in [0.29, 0.717) is 12.0 Å². The Bertz CT molecular complexity index is 1750. The van der Waals surface area contributed by atoms with Crippen LogP contribution in [0, 0.1) is 46.6 Å². The fourth-order valence-electron chi connectivity index (χ4n) is 6.27. The third-order valence-corrected chi connectivity index (χ3v) is 8.85. The van der Waals surface area contributed by atoms with Crippen LogP contribution in [0.1, 0.15) is 75.3 Å². The van der Waals surface area contributed by atoms with Gasteiger partial charge in [0, 0.05) is 34.9 Å². The van der Waals surface area contributed by atoms with Gasteiger partial charge in [-0.15, -0.1) is 0 Å². The van der Waals surface area contributed by atoms with E-state index in [0.717, 1.165) is 49.4 Å². The number of unbranched alkanes of at least 4 members (excludes halogenated alkanes) is 2. The third kappa shape index (κ3) is 8.25. The summed E-state index contributed by atoms with van der Waals surface area (Å²) >= 11 is 0. The third-order valence-electron chi connectivity index (χ3n) is 8.85. The van der Waals surface area contributed by atoms with E-state index in [2.05, 4.69) is 11.7 Å². The van der Waals surface area contributed by atoms with Crippen molar-refractivity contribution in [2.24, 2.45) is 5.92 Å². The van der Waals surface area contributed by atoms with Gasteiger partial charge in [-0.1, -0.05) is 56.9 Å². The Morgan fingerprint density at radius 1 is 0.667 bits per heavy atom. The normalized spacial score (nSPS) is 16.9. The van der Waals surface area contributed by atoms with E-state index in [9.17, 15) is 30.7 Å². The zero-order chi connectivity index (χ0) is 34.6. The molecule has 0 amide bonds. The second-order valence-corrected chi connectivity index (χ2v) is 12.2. The standard InChI is InChI=1S/C38H33F9O/c1-2-3-4-5-22-6-8-23(9-7-22)24-10-12-28(31(39)16-24)25-11-13-29(32(40)17-25)26-18-33(41)30(34(42)19-26)14-15-38(46,47)48-27-20-35(43)37(45)36(44)21-27/h10-23H,2-9H2,1H3/b15-14+. The second kappa shape index (κ2) is 14.9. The van der Waals surface area contributed by atoms with Gasteiger partial charge < -0.3 is 4.74 Å². The Hall–Kier alpha value is -4.21. The SMILES string of the molecule is CCCCCC1CCC(c2ccc(-c3ccc(-c4cc(F)c(/C=C/C(F)(F)Oc5cc(F)c(F)c(F)c5)c(F)c4)c(F)c3)c(F)c2)CC1. The summed E-state index contributed by atoms with van der Waals surface area (Å²) in [6.45, 7) is 2.19. The lowest BCUT2D eigenvalue weighted by molar-refractivity contribution is -0.131. The fraction of sp³-hybridized carbons (Fsp3) is 0.316.